The van der Waals surface area contributed by atoms with Crippen LogP contribution < -0.4 is 10.2 Å². The zero-order chi connectivity index (χ0) is 17.9. The summed E-state index contributed by atoms with van der Waals surface area (Å²) in [6.07, 6.45) is 0. The number of fused-ring (bicyclic) bond motifs is 1. The molecule has 4 rings (SSSR count). The van der Waals surface area contributed by atoms with Crippen molar-refractivity contribution < 1.29 is 14.3 Å². The van der Waals surface area contributed by atoms with Gasteiger partial charge in [0.05, 0.1) is 0 Å². The van der Waals surface area contributed by atoms with Gasteiger partial charge in [-0.25, -0.2) is 0 Å². The predicted molar refractivity (Wildman–Crippen MR) is 100 cm³/mol. The maximum absolute atomic E-state index is 12.7. The highest BCUT2D eigenvalue weighted by molar-refractivity contribution is 5.86. The Morgan fingerprint density at radius 1 is 0.885 bits per heavy atom. The molecule has 0 saturated carbocycles. The van der Waals surface area contributed by atoms with E-state index >= 15 is 0 Å². The van der Waals surface area contributed by atoms with Gasteiger partial charge in [-0.05, 0) is 5.56 Å². The molecule has 1 heterocycles. The Morgan fingerprint density at radius 3 is 2.31 bits per heavy atom. The zero-order valence-electron chi connectivity index (χ0n) is 13.9. The van der Waals surface area contributed by atoms with E-state index in [1.165, 1.54) is 18.2 Å². The smallest absolute Gasteiger partial charge is 0.197 e. The number of hydrogen-bond acceptors (Lipinski definition) is 4. The van der Waals surface area contributed by atoms with E-state index in [1.54, 1.807) is 0 Å². The summed E-state index contributed by atoms with van der Waals surface area (Å²) in [5, 5.41) is 10.3. The lowest BCUT2D eigenvalue weighted by Crippen LogP contribution is -2.04. The molecule has 0 bridgehead atoms. The third kappa shape index (κ3) is 3.17. The fourth-order valence-electron chi connectivity index (χ4n) is 2.83. The number of ether oxygens (including phenoxy) is 1. The maximum Gasteiger partial charge on any atom is 0.197 e. The van der Waals surface area contributed by atoms with E-state index in [1.807, 2.05) is 60.7 Å². The van der Waals surface area contributed by atoms with Gasteiger partial charge >= 0.3 is 0 Å². The molecule has 0 unspecified atom stereocenters. The van der Waals surface area contributed by atoms with Crippen molar-refractivity contribution in [3.8, 4) is 22.8 Å². The number of hydrogen-bond donors (Lipinski definition) is 1. The molecule has 4 nitrogen and oxygen atoms in total. The average molecular weight is 344 g/mol. The first-order valence-electron chi connectivity index (χ1n) is 8.24. The molecule has 3 aromatic carbocycles. The third-order valence-electron chi connectivity index (χ3n) is 4.07. The molecule has 4 heteroatoms. The van der Waals surface area contributed by atoms with Crippen molar-refractivity contribution in [1.29, 1.82) is 0 Å². The van der Waals surface area contributed by atoms with Crippen molar-refractivity contribution in [3.05, 3.63) is 94.6 Å². The summed E-state index contributed by atoms with van der Waals surface area (Å²) in [6.45, 7) is 0.291. The topological polar surface area (TPSA) is 59.7 Å². The van der Waals surface area contributed by atoms with Crippen LogP contribution in [0.1, 0.15) is 5.56 Å². The summed E-state index contributed by atoms with van der Waals surface area (Å²) in [5.74, 6) is 0.730. The van der Waals surface area contributed by atoms with Crippen LogP contribution in [-0.4, -0.2) is 5.11 Å². The van der Waals surface area contributed by atoms with Gasteiger partial charge in [-0.1, -0.05) is 60.7 Å². The largest absolute Gasteiger partial charge is 0.508 e. The normalized spacial score (nSPS) is 10.8. The summed E-state index contributed by atoms with van der Waals surface area (Å²) in [7, 11) is 0. The zero-order valence-corrected chi connectivity index (χ0v) is 13.9. The Hall–Kier alpha value is -3.53. The second-order valence-electron chi connectivity index (χ2n) is 5.93. The molecule has 0 fully saturated rings. The average Bonchev–Trinajstić information content (AvgIpc) is 2.67. The Bertz CT molecular complexity index is 1100. The summed E-state index contributed by atoms with van der Waals surface area (Å²) in [6, 6.07) is 23.3. The molecule has 26 heavy (non-hydrogen) atoms. The molecule has 0 radical (unpaired) electrons. The highest BCUT2D eigenvalue weighted by atomic mass is 16.5. The molecular weight excluding hydrogens is 328 g/mol. The number of phenolic OH excluding ortho intramolecular Hbond substituents is 1. The summed E-state index contributed by atoms with van der Waals surface area (Å²) in [4.78, 5) is 12.7. The third-order valence-corrected chi connectivity index (χ3v) is 4.07. The molecule has 0 aliphatic heterocycles. The van der Waals surface area contributed by atoms with Gasteiger partial charge in [0.2, 0.25) is 0 Å². The molecule has 0 aliphatic carbocycles. The highest BCUT2D eigenvalue weighted by Crippen LogP contribution is 2.31. The van der Waals surface area contributed by atoms with Crippen molar-refractivity contribution in [2.24, 2.45) is 0 Å². The van der Waals surface area contributed by atoms with E-state index in [9.17, 15) is 9.90 Å². The van der Waals surface area contributed by atoms with Gasteiger partial charge < -0.3 is 14.3 Å². The lowest BCUT2D eigenvalue weighted by Gasteiger charge is -2.10. The van der Waals surface area contributed by atoms with E-state index < -0.39 is 0 Å². The van der Waals surface area contributed by atoms with Crippen LogP contribution in [0.4, 0.5) is 0 Å². The first-order chi connectivity index (χ1) is 12.7. The van der Waals surface area contributed by atoms with Crippen LogP contribution in [0.25, 0.3) is 22.3 Å². The molecule has 1 N–H and O–H groups in total. The van der Waals surface area contributed by atoms with Gasteiger partial charge in [0, 0.05) is 23.8 Å². The molecular formula is C22H16O4. The number of aromatic hydroxyl groups is 1. The Labute approximate surface area is 149 Å². The first-order valence-corrected chi connectivity index (χ1v) is 8.24. The van der Waals surface area contributed by atoms with E-state index in [0.717, 1.165) is 11.1 Å². The van der Waals surface area contributed by atoms with Crippen molar-refractivity contribution in [2.75, 3.05) is 0 Å². The standard InChI is InChI=1S/C22H16O4/c23-17-11-20(25-14-15-7-3-1-4-8-15)22-18(24)13-19(26-21(22)12-17)16-9-5-2-6-10-16/h1-13,23H,14H2. The van der Waals surface area contributed by atoms with Gasteiger partial charge in [-0.3, -0.25) is 4.79 Å². The number of benzene rings is 3. The van der Waals surface area contributed by atoms with Crippen LogP contribution in [0.15, 0.2) is 88.1 Å². The minimum absolute atomic E-state index is 0.0195. The second-order valence-corrected chi connectivity index (χ2v) is 5.93. The van der Waals surface area contributed by atoms with E-state index in [0.29, 0.717) is 29.1 Å². The molecule has 128 valence electrons. The van der Waals surface area contributed by atoms with Gasteiger partial charge in [0.1, 0.15) is 34.8 Å². The van der Waals surface area contributed by atoms with Crippen molar-refractivity contribution in [3.63, 3.8) is 0 Å². The minimum Gasteiger partial charge on any atom is -0.508 e. The van der Waals surface area contributed by atoms with Gasteiger partial charge in [0.15, 0.2) is 5.43 Å². The molecule has 1 aromatic heterocycles. The fraction of sp³-hybridized carbons (Fsp3) is 0.0455. The monoisotopic (exact) mass is 344 g/mol. The maximum atomic E-state index is 12.7. The Kier molecular flexibility index (Phi) is 4.15. The van der Waals surface area contributed by atoms with Gasteiger partial charge in [0.25, 0.3) is 0 Å². The second kappa shape index (κ2) is 6.76. The van der Waals surface area contributed by atoms with Crippen LogP contribution in [-0.2, 0) is 6.61 Å². The van der Waals surface area contributed by atoms with Crippen molar-refractivity contribution >= 4 is 11.0 Å². The van der Waals surface area contributed by atoms with E-state index in [2.05, 4.69) is 0 Å². The van der Waals surface area contributed by atoms with E-state index in [4.69, 9.17) is 9.15 Å². The van der Waals surface area contributed by atoms with Crippen molar-refractivity contribution in [1.82, 2.24) is 0 Å². The number of phenols is 1. The quantitative estimate of drug-likeness (QED) is 0.581. The van der Waals surface area contributed by atoms with Crippen molar-refractivity contribution in [2.45, 2.75) is 6.61 Å². The molecule has 0 aliphatic rings. The fourth-order valence-corrected chi connectivity index (χ4v) is 2.83. The van der Waals surface area contributed by atoms with Gasteiger partial charge in [-0.15, -0.1) is 0 Å². The first kappa shape index (κ1) is 16.0. The van der Waals surface area contributed by atoms with Crippen LogP contribution in [0.2, 0.25) is 0 Å². The van der Waals surface area contributed by atoms with Crippen LogP contribution in [0.3, 0.4) is 0 Å². The summed E-state index contributed by atoms with van der Waals surface area (Å²) in [5.41, 5.74) is 1.84. The molecule has 0 spiro atoms. The summed E-state index contributed by atoms with van der Waals surface area (Å²) >= 11 is 0. The molecule has 0 amide bonds. The molecule has 0 saturated heterocycles. The molecule has 4 aromatic rings. The minimum atomic E-state index is -0.215. The van der Waals surface area contributed by atoms with Crippen LogP contribution in [0, 0.1) is 0 Å². The SMILES string of the molecule is O=c1cc(-c2ccccc2)oc2cc(O)cc(OCc3ccccc3)c12. The number of rotatable bonds is 4. The van der Waals surface area contributed by atoms with E-state index in [-0.39, 0.29) is 11.2 Å². The Balaban J connectivity index is 1.78. The lowest BCUT2D eigenvalue weighted by atomic mass is 10.1. The molecule has 0 atom stereocenters. The van der Waals surface area contributed by atoms with Gasteiger partial charge in [-0.2, -0.15) is 0 Å². The predicted octanol–water partition coefficient (Wildman–Crippen LogP) is 4.74. The summed E-state index contributed by atoms with van der Waals surface area (Å²) < 4.78 is 11.7. The van der Waals surface area contributed by atoms with Crippen LogP contribution in [0.5, 0.6) is 11.5 Å². The lowest BCUT2D eigenvalue weighted by molar-refractivity contribution is 0.308. The van der Waals surface area contributed by atoms with Crippen LogP contribution >= 0.6 is 0 Å². The Morgan fingerprint density at radius 2 is 1.58 bits per heavy atom. The highest BCUT2D eigenvalue weighted by Gasteiger charge is 2.14.